The highest BCUT2D eigenvalue weighted by Gasteiger charge is 2.31. The highest BCUT2D eigenvalue weighted by molar-refractivity contribution is 6.33. The van der Waals surface area contributed by atoms with Crippen LogP contribution in [-0.4, -0.2) is 41.0 Å². The molecule has 4 rings (SSSR count). The van der Waals surface area contributed by atoms with E-state index in [9.17, 15) is 9.59 Å². The molecule has 1 N–H and O–H groups in total. The third kappa shape index (κ3) is 4.50. The van der Waals surface area contributed by atoms with E-state index in [2.05, 4.69) is 10.4 Å². The quantitative estimate of drug-likeness (QED) is 0.534. The summed E-state index contributed by atoms with van der Waals surface area (Å²) in [7, 11) is 3.16. The molecule has 2 aromatic carbocycles. The predicted octanol–water partition coefficient (Wildman–Crippen LogP) is 3.08. The fourth-order valence-corrected chi connectivity index (χ4v) is 3.91. The number of carbonyl (C=O) groups is 1. The summed E-state index contributed by atoms with van der Waals surface area (Å²) < 4.78 is 13.6. The van der Waals surface area contributed by atoms with Crippen LogP contribution < -0.4 is 20.5 Å². The molecule has 0 radical (unpaired) electrons. The number of ether oxygens (including phenoxy) is 2. The molecule has 0 saturated heterocycles. The molecular weight excluding hydrogens is 432 g/mol. The van der Waals surface area contributed by atoms with E-state index < -0.39 is 0 Å². The Bertz CT molecular complexity index is 1180. The summed E-state index contributed by atoms with van der Waals surface area (Å²) in [6.45, 7) is 0.225. The Labute approximate surface area is 190 Å². The standard InChI is InChI=1S/C23H25ClN4O4/c1-31-19-9-5-6-15(21(19)32-2)12-13-25-20(29)14-27-23(30)28(16-10-11-16)22(26-27)17-7-3-4-8-18(17)24/h3-9,16H,10-14H2,1-2H3,(H,25,29). The zero-order chi connectivity index (χ0) is 22.7. The zero-order valence-corrected chi connectivity index (χ0v) is 18.8. The Morgan fingerprint density at radius 3 is 2.62 bits per heavy atom. The number of nitrogens with zero attached hydrogens (tertiary/aromatic N) is 3. The van der Waals surface area contributed by atoms with Crippen molar-refractivity contribution in [2.24, 2.45) is 0 Å². The SMILES string of the molecule is COc1cccc(CCNC(=O)Cn2nc(-c3ccccc3Cl)n(C3CC3)c2=O)c1OC. The van der Waals surface area contributed by atoms with Gasteiger partial charge >= 0.3 is 5.69 Å². The molecule has 0 atom stereocenters. The second-order valence-electron chi connectivity index (χ2n) is 7.60. The summed E-state index contributed by atoms with van der Waals surface area (Å²) in [6.07, 6.45) is 2.39. The van der Waals surface area contributed by atoms with Gasteiger partial charge in [-0.05, 0) is 43.0 Å². The Hall–Kier alpha value is -3.26. The molecule has 1 heterocycles. The number of nitrogens with one attached hydrogen (secondary N) is 1. The van der Waals surface area contributed by atoms with Gasteiger partial charge in [0.05, 0.1) is 19.2 Å². The van der Waals surface area contributed by atoms with Gasteiger partial charge in [-0.2, -0.15) is 0 Å². The first-order valence-electron chi connectivity index (χ1n) is 10.4. The van der Waals surface area contributed by atoms with Crippen LogP contribution in [0.2, 0.25) is 5.02 Å². The molecule has 1 fully saturated rings. The predicted molar refractivity (Wildman–Crippen MR) is 121 cm³/mol. The highest BCUT2D eigenvalue weighted by Crippen LogP contribution is 2.37. The van der Waals surface area contributed by atoms with Gasteiger partial charge in [-0.3, -0.25) is 9.36 Å². The topological polar surface area (TPSA) is 87.4 Å². The van der Waals surface area contributed by atoms with Crippen LogP contribution in [0.5, 0.6) is 11.5 Å². The summed E-state index contributed by atoms with van der Waals surface area (Å²) >= 11 is 6.33. The van der Waals surface area contributed by atoms with Crippen LogP contribution >= 0.6 is 11.6 Å². The molecule has 9 heteroatoms. The third-order valence-corrected chi connectivity index (χ3v) is 5.72. The number of methoxy groups -OCH3 is 2. The average molecular weight is 457 g/mol. The fourth-order valence-electron chi connectivity index (χ4n) is 3.69. The molecule has 1 aliphatic carbocycles. The van der Waals surface area contributed by atoms with Gasteiger partial charge in [0.15, 0.2) is 17.3 Å². The Morgan fingerprint density at radius 1 is 1.16 bits per heavy atom. The van der Waals surface area contributed by atoms with E-state index in [0.717, 1.165) is 18.4 Å². The van der Waals surface area contributed by atoms with Gasteiger partial charge in [0, 0.05) is 18.2 Å². The Kier molecular flexibility index (Phi) is 6.50. The number of aromatic nitrogens is 3. The van der Waals surface area contributed by atoms with E-state index in [0.29, 0.717) is 40.9 Å². The number of para-hydroxylation sites is 1. The summed E-state index contributed by atoms with van der Waals surface area (Å²) in [5.41, 5.74) is 1.30. The van der Waals surface area contributed by atoms with Crippen molar-refractivity contribution >= 4 is 17.5 Å². The van der Waals surface area contributed by atoms with Crippen LogP contribution in [0.4, 0.5) is 0 Å². The van der Waals surface area contributed by atoms with Gasteiger partial charge in [-0.15, -0.1) is 5.10 Å². The second-order valence-corrected chi connectivity index (χ2v) is 8.00. The van der Waals surface area contributed by atoms with Gasteiger partial charge in [-0.25, -0.2) is 9.48 Å². The molecular formula is C23H25ClN4O4. The first-order valence-corrected chi connectivity index (χ1v) is 10.8. The number of amides is 1. The minimum atomic E-state index is -0.299. The van der Waals surface area contributed by atoms with Crippen molar-refractivity contribution in [1.82, 2.24) is 19.7 Å². The Morgan fingerprint density at radius 2 is 1.94 bits per heavy atom. The van der Waals surface area contributed by atoms with E-state index in [4.69, 9.17) is 21.1 Å². The molecule has 0 aliphatic heterocycles. The minimum absolute atomic E-state index is 0.103. The summed E-state index contributed by atoms with van der Waals surface area (Å²) in [6, 6.07) is 13.0. The van der Waals surface area contributed by atoms with Gasteiger partial charge < -0.3 is 14.8 Å². The lowest BCUT2D eigenvalue weighted by Gasteiger charge is -2.12. The van der Waals surface area contributed by atoms with Crippen molar-refractivity contribution in [2.45, 2.75) is 31.8 Å². The first-order chi connectivity index (χ1) is 15.5. The number of hydrogen-bond acceptors (Lipinski definition) is 5. The lowest BCUT2D eigenvalue weighted by molar-refractivity contribution is -0.121. The van der Waals surface area contributed by atoms with Gasteiger partial charge in [0.2, 0.25) is 5.91 Å². The first kappa shape index (κ1) is 22.0. The normalized spacial score (nSPS) is 13.1. The molecule has 3 aromatic rings. The van der Waals surface area contributed by atoms with E-state index >= 15 is 0 Å². The van der Waals surface area contributed by atoms with E-state index in [1.807, 2.05) is 36.4 Å². The largest absolute Gasteiger partial charge is 0.493 e. The van der Waals surface area contributed by atoms with Crippen LogP contribution in [-0.2, 0) is 17.8 Å². The van der Waals surface area contributed by atoms with E-state index in [1.54, 1.807) is 24.9 Å². The lowest BCUT2D eigenvalue weighted by atomic mass is 10.1. The maximum atomic E-state index is 13.0. The number of rotatable bonds is 9. The van der Waals surface area contributed by atoms with Crippen LogP contribution in [0.15, 0.2) is 47.3 Å². The molecule has 0 unspecified atom stereocenters. The molecule has 1 saturated carbocycles. The van der Waals surface area contributed by atoms with Gasteiger partial charge in [0.25, 0.3) is 0 Å². The van der Waals surface area contributed by atoms with Crippen molar-refractivity contribution in [1.29, 1.82) is 0 Å². The molecule has 32 heavy (non-hydrogen) atoms. The number of hydrogen-bond donors (Lipinski definition) is 1. The Balaban J connectivity index is 1.46. The maximum absolute atomic E-state index is 13.0. The van der Waals surface area contributed by atoms with E-state index in [1.165, 1.54) is 4.68 Å². The zero-order valence-electron chi connectivity index (χ0n) is 18.0. The average Bonchev–Trinajstić information content (AvgIpc) is 3.58. The number of carbonyl (C=O) groups excluding carboxylic acids is 1. The smallest absolute Gasteiger partial charge is 0.346 e. The molecule has 1 aliphatic rings. The summed E-state index contributed by atoms with van der Waals surface area (Å²) in [4.78, 5) is 25.5. The van der Waals surface area contributed by atoms with Crippen LogP contribution in [0.25, 0.3) is 11.4 Å². The van der Waals surface area contributed by atoms with Crippen LogP contribution in [0, 0.1) is 0 Å². The van der Waals surface area contributed by atoms with Gasteiger partial charge in [-0.1, -0.05) is 35.9 Å². The van der Waals surface area contributed by atoms with Crippen molar-refractivity contribution in [3.63, 3.8) is 0 Å². The minimum Gasteiger partial charge on any atom is -0.493 e. The summed E-state index contributed by atoms with van der Waals surface area (Å²) in [5.74, 6) is 1.49. The third-order valence-electron chi connectivity index (χ3n) is 5.39. The molecule has 0 bridgehead atoms. The van der Waals surface area contributed by atoms with Crippen molar-refractivity contribution in [3.05, 3.63) is 63.5 Å². The van der Waals surface area contributed by atoms with Crippen molar-refractivity contribution < 1.29 is 14.3 Å². The summed E-state index contributed by atoms with van der Waals surface area (Å²) in [5, 5.41) is 7.81. The van der Waals surface area contributed by atoms with Crippen LogP contribution in [0.1, 0.15) is 24.4 Å². The lowest BCUT2D eigenvalue weighted by Crippen LogP contribution is -2.34. The molecule has 8 nitrogen and oxygen atoms in total. The molecule has 0 spiro atoms. The van der Waals surface area contributed by atoms with Crippen molar-refractivity contribution in [3.8, 4) is 22.9 Å². The number of benzene rings is 2. The number of halogens is 1. The van der Waals surface area contributed by atoms with Gasteiger partial charge in [0.1, 0.15) is 6.54 Å². The maximum Gasteiger partial charge on any atom is 0.346 e. The molecule has 1 aromatic heterocycles. The fraction of sp³-hybridized carbons (Fsp3) is 0.348. The monoisotopic (exact) mass is 456 g/mol. The second kappa shape index (κ2) is 9.48. The van der Waals surface area contributed by atoms with Crippen molar-refractivity contribution in [2.75, 3.05) is 20.8 Å². The molecule has 168 valence electrons. The van der Waals surface area contributed by atoms with E-state index in [-0.39, 0.29) is 24.2 Å². The van der Waals surface area contributed by atoms with Crippen LogP contribution in [0.3, 0.4) is 0 Å². The highest BCUT2D eigenvalue weighted by atomic mass is 35.5. The molecule has 1 amide bonds.